The van der Waals surface area contributed by atoms with Gasteiger partial charge in [-0.15, -0.1) is 11.3 Å². The van der Waals surface area contributed by atoms with Gasteiger partial charge in [0.1, 0.15) is 0 Å². The van der Waals surface area contributed by atoms with E-state index in [0.717, 1.165) is 12.0 Å². The van der Waals surface area contributed by atoms with E-state index in [1.807, 2.05) is 11.3 Å². The maximum Gasteiger partial charge on any atom is 0.0999 e. The third-order valence-electron chi connectivity index (χ3n) is 10.2. The minimum absolute atomic E-state index is 0.0663. The van der Waals surface area contributed by atoms with Crippen molar-refractivity contribution in [1.29, 1.82) is 0 Å². The number of nitrogens with zero attached hydrogens (tertiary/aromatic N) is 1. The highest BCUT2D eigenvalue weighted by Gasteiger charge is 2.17. The zero-order chi connectivity index (χ0) is 34.7. The molecule has 0 radical (unpaired) electrons. The number of benzene rings is 7. The first kappa shape index (κ1) is 31.9. The van der Waals surface area contributed by atoms with Gasteiger partial charge >= 0.3 is 0 Å². The van der Waals surface area contributed by atoms with E-state index in [-0.39, 0.29) is 6.04 Å². The molecule has 0 amide bonds. The molecule has 0 spiro atoms. The molecule has 8 aromatic rings. The molecule has 0 saturated carbocycles. The third-order valence-corrected chi connectivity index (χ3v) is 11.3. The average molecular weight is 684 g/mol. The van der Waals surface area contributed by atoms with Gasteiger partial charge < -0.3 is 0 Å². The van der Waals surface area contributed by atoms with Crippen molar-refractivity contribution in [1.82, 2.24) is 0 Å². The van der Waals surface area contributed by atoms with E-state index in [1.165, 1.54) is 70.3 Å². The second-order valence-electron chi connectivity index (χ2n) is 13.4. The van der Waals surface area contributed by atoms with Crippen LogP contribution in [0, 0.1) is 0 Å². The average Bonchev–Trinajstić information content (AvgIpc) is 3.61. The van der Waals surface area contributed by atoms with Crippen LogP contribution in [0.15, 0.2) is 199 Å². The van der Waals surface area contributed by atoms with Crippen molar-refractivity contribution in [2.75, 3.05) is 0 Å². The van der Waals surface area contributed by atoms with Crippen LogP contribution in [-0.4, -0.2) is 6.21 Å². The molecule has 0 N–H and O–H groups in total. The Morgan fingerprint density at radius 3 is 1.87 bits per heavy atom. The van der Waals surface area contributed by atoms with Crippen molar-refractivity contribution in [2.45, 2.75) is 18.4 Å². The lowest BCUT2D eigenvalue weighted by atomic mass is 9.86. The lowest BCUT2D eigenvalue weighted by molar-refractivity contribution is 0.859. The van der Waals surface area contributed by atoms with Crippen LogP contribution >= 0.6 is 11.3 Å². The molecule has 0 bridgehead atoms. The fourth-order valence-corrected chi connectivity index (χ4v) is 8.67. The summed E-state index contributed by atoms with van der Waals surface area (Å²) in [7, 11) is 0. The molecule has 52 heavy (non-hydrogen) atoms. The Kier molecular flexibility index (Phi) is 8.74. The maximum absolute atomic E-state index is 5.23. The molecule has 1 nitrogen and oxygen atoms in total. The molecule has 1 aliphatic rings. The molecule has 9 rings (SSSR count). The van der Waals surface area contributed by atoms with Gasteiger partial charge in [-0.2, -0.15) is 0 Å². The summed E-state index contributed by atoms with van der Waals surface area (Å²) < 4.78 is 2.60. The summed E-state index contributed by atoms with van der Waals surface area (Å²) in [6.07, 6.45) is 10.2. The predicted octanol–water partition coefficient (Wildman–Crippen LogP) is 13.7. The minimum atomic E-state index is -0.0663. The van der Waals surface area contributed by atoms with Gasteiger partial charge in [0.15, 0.2) is 0 Å². The van der Waals surface area contributed by atoms with Crippen LogP contribution in [0.1, 0.15) is 46.2 Å². The molecule has 0 aliphatic heterocycles. The summed E-state index contributed by atoms with van der Waals surface area (Å²) >= 11 is 1.86. The molecule has 0 fully saturated rings. The van der Waals surface area contributed by atoms with Crippen LogP contribution in [0.5, 0.6) is 0 Å². The SMILES string of the molecule is C1=CC(c2ccc(-c3ccccc3-c3ccccc3)cc2)=CC(c2ccc3sc4cccc(C=NC(c5ccccc5)c5ccccc5)c4c3c2)C1. The number of hydrogen-bond acceptors (Lipinski definition) is 2. The first-order valence-corrected chi connectivity index (χ1v) is 18.8. The molecular formula is C50H37NS. The van der Waals surface area contributed by atoms with Crippen molar-refractivity contribution >= 4 is 43.3 Å². The topological polar surface area (TPSA) is 12.4 Å². The summed E-state index contributed by atoms with van der Waals surface area (Å²) in [4.78, 5) is 5.23. The van der Waals surface area contributed by atoms with E-state index in [0.29, 0.717) is 5.92 Å². The van der Waals surface area contributed by atoms with Crippen molar-refractivity contribution in [3.8, 4) is 22.3 Å². The standard InChI is InChI=1S/C50H37NS/c1-4-14-36(15-5-1)44-23-10-11-24-45(44)37-28-26-35(27-29-37)40-20-12-21-41(32-40)42-30-31-47-46(33-42)49-43(22-13-25-48(49)52-47)34-51-50(38-16-6-2-7-17-38)39-18-8-3-9-19-39/h1-20,22-34,41,50H,21H2. The minimum Gasteiger partial charge on any atom is -0.280 e. The van der Waals surface area contributed by atoms with E-state index in [1.54, 1.807) is 0 Å². The fraction of sp³-hybridized carbons (Fsp3) is 0.0600. The first-order chi connectivity index (χ1) is 25.8. The van der Waals surface area contributed by atoms with Gasteiger partial charge in [0.2, 0.25) is 0 Å². The van der Waals surface area contributed by atoms with Crippen molar-refractivity contribution < 1.29 is 0 Å². The monoisotopic (exact) mass is 683 g/mol. The second-order valence-corrected chi connectivity index (χ2v) is 14.5. The van der Waals surface area contributed by atoms with E-state index in [9.17, 15) is 0 Å². The number of allylic oxidation sites excluding steroid dienone is 4. The molecule has 1 aliphatic carbocycles. The summed E-state index contributed by atoms with van der Waals surface area (Å²) in [5.74, 6) is 0.305. The largest absolute Gasteiger partial charge is 0.280 e. The lowest BCUT2D eigenvalue weighted by Crippen LogP contribution is -1.99. The third kappa shape index (κ3) is 6.34. The molecule has 1 unspecified atom stereocenters. The molecule has 0 saturated heterocycles. The van der Waals surface area contributed by atoms with Crippen LogP contribution < -0.4 is 0 Å². The van der Waals surface area contributed by atoms with Gasteiger partial charge in [0, 0.05) is 37.9 Å². The normalized spacial score (nSPS) is 14.4. The van der Waals surface area contributed by atoms with Crippen LogP contribution in [-0.2, 0) is 0 Å². The Morgan fingerprint density at radius 2 is 1.17 bits per heavy atom. The Labute approximate surface area is 309 Å². The summed E-state index contributed by atoms with van der Waals surface area (Å²) in [6, 6.07) is 63.2. The second kappa shape index (κ2) is 14.3. The molecule has 1 aromatic heterocycles. The number of aliphatic imine (C=N–C) groups is 1. The molecular weight excluding hydrogens is 647 g/mol. The quantitative estimate of drug-likeness (QED) is 0.141. The highest BCUT2D eigenvalue weighted by Crippen LogP contribution is 2.40. The van der Waals surface area contributed by atoms with Crippen LogP contribution in [0.3, 0.4) is 0 Å². The van der Waals surface area contributed by atoms with E-state index < -0.39 is 0 Å². The van der Waals surface area contributed by atoms with Gasteiger partial charge in [-0.25, -0.2) is 0 Å². The summed E-state index contributed by atoms with van der Waals surface area (Å²) in [6.45, 7) is 0. The van der Waals surface area contributed by atoms with Crippen molar-refractivity contribution in [2.24, 2.45) is 4.99 Å². The molecule has 248 valence electrons. The molecule has 7 aromatic carbocycles. The summed E-state index contributed by atoms with van der Waals surface area (Å²) in [5, 5.41) is 2.59. The highest BCUT2D eigenvalue weighted by atomic mass is 32.1. The zero-order valence-corrected chi connectivity index (χ0v) is 29.6. The maximum atomic E-state index is 5.23. The number of fused-ring (bicyclic) bond motifs is 3. The molecule has 1 atom stereocenters. The van der Waals surface area contributed by atoms with Crippen LogP contribution in [0.25, 0.3) is 48.0 Å². The van der Waals surface area contributed by atoms with Gasteiger partial charge in [0.05, 0.1) is 6.04 Å². The Bertz CT molecular complexity index is 2540. The number of thiophene rings is 1. The van der Waals surface area contributed by atoms with Gasteiger partial charge in [-0.05, 0) is 74.7 Å². The Balaban J connectivity index is 1.03. The van der Waals surface area contributed by atoms with E-state index >= 15 is 0 Å². The first-order valence-electron chi connectivity index (χ1n) is 18.0. The Hall–Kier alpha value is -6.09. The Morgan fingerprint density at radius 1 is 0.558 bits per heavy atom. The number of hydrogen-bond donors (Lipinski definition) is 0. The summed E-state index contributed by atoms with van der Waals surface area (Å²) in [5.41, 5.74) is 12.4. The fourth-order valence-electron chi connectivity index (χ4n) is 7.55. The van der Waals surface area contributed by atoms with Crippen LogP contribution in [0.2, 0.25) is 0 Å². The van der Waals surface area contributed by atoms with Crippen LogP contribution in [0.4, 0.5) is 0 Å². The van der Waals surface area contributed by atoms with Gasteiger partial charge in [-0.1, -0.05) is 176 Å². The van der Waals surface area contributed by atoms with E-state index in [4.69, 9.17) is 4.99 Å². The smallest absolute Gasteiger partial charge is 0.0999 e. The van der Waals surface area contributed by atoms with Crippen molar-refractivity contribution in [3.05, 3.63) is 222 Å². The highest BCUT2D eigenvalue weighted by molar-refractivity contribution is 7.25. The van der Waals surface area contributed by atoms with Gasteiger partial charge in [0.25, 0.3) is 0 Å². The van der Waals surface area contributed by atoms with Gasteiger partial charge in [-0.3, -0.25) is 4.99 Å². The van der Waals surface area contributed by atoms with E-state index in [2.05, 4.69) is 200 Å². The molecule has 1 heterocycles. The predicted molar refractivity (Wildman–Crippen MR) is 223 cm³/mol. The van der Waals surface area contributed by atoms with Crippen molar-refractivity contribution in [3.63, 3.8) is 0 Å². The lowest BCUT2D eigenvalue weighted by Gasteiger charge is -2.18. The zero-order valence-electron chi connectivity index (χ0n) is 28.8. The molecule has 2 heteroatoms. The number of rotatable bonds is 8.